The lowest BCUT2D eigenvalue weighted by molar-refractivity contribution is 0.241. The number of aromatic nitrogens is 1. The molecule has 0 aliphatic rings. The number of hydrogen-bond donors (Lipinski definition) is 1. The monoisotopic (exact) mass is 196 g/mol. The Hall–Kier alpha value is -1.16. The van der Waals surface area contributed by atoms with Crippen molar-refractivity contribution in [3.8, 4) is 5.75 Å². The highest BCUT2D eigenvalue weighted by atomic mass is 32.1. The summed E-state index contributed by atoms with van der Waals surface area (Å²) in [6.45, 7) is 3.88. The molecule has 0 bridgehead atoms. The van der Waals surface area contributed by atoms with Crippen LogP contribution in [0.3, 0.4) is 0 Å². The lowest BCUT2D eigenvalue weighted by Crippen LogP contribution is -2.15. The van der Waals surface area contributed by atoms with E-state index in [1.54, 1.807) is 12.3 Å². The number of nitrogens with two attached hydrogens (primary N) is 1. The van der Waals surface area contributed by atoms with Crippen molar-refractivity contribution >= 4 is 17.2 Å². The third kappa shape index (κ3) is 2.66. The standard InChI is InChI=1S/C9H12N2OS/c1-6(2)12-7-4-3-5-11-8(7)9(10)13/h3-6H,1-2H3,(H2,10,13). The Balaban J connectivity index is 2.98. The molecule has 0 saturated heterocycles. The van der Waals surface area contributed by atoms with E-state index in [0.29, 0.717) is 11.4 Å². The van der Waals surface area contributed by atoms with Crippen LogP contribution >= 0.6 is 12.2 Å². The van der Waals surface area contributed by atoms with Crippen molar-refractivity contribution in [3.63, 3.8) is 0 Å². The normalized spacial score (nSPS) is 10.1. The molecule has 0 radical (unpaired) electrons. The van der Waals surface area contributed by atoms with Crippen LogP contribution in [0.15, 0.2) is 18.3 Å². The van der Waals surface area contributed by atoms with Crippen LogP contribution in [-0.2, 0) is 0 Å². The average Bonchev–Trinajstić information content (AvgIpc) is 2.03. The minimum absolute atomic E-state index is 0.0947. The summed E-state index contributed by atoms with van der Waals surface area (Å²) in [7, 11) is 0. The van der Waals surface area contributed by atoms with Gasteiger partial charge in [-0.2, -0.15) is 0 Å². The van der Waals surface area contributed by atoms with Crippen LogP contribution in [0, 0.1) is 0 Å². The first-order valence-corrected chi connectivity index (χ1v) is 4.43. The first kappa shape index (κ1) is 9.92. The molecule has 13 heavy (non-hydrogen) atoms. The predicted molar refractivity (Wildman–Crippen MR) is 55.9 cm³/mol. The number of rotatable bonds is 3. The summed E-state index contributed by atoms with van der Waals surface area (Å²) in [5.74, 6) is 0.644. The second kappa shape index (κ2) is 4.18. The van der Waals surface area contributed by atoms with Gasteiger partial charge in [-0.3, -0.25) is 0 Å². The summed E-state index contributed by atoms with van der Waals surface area (Å²) in [5.41, 5.74) is 6.03. The van der Waals surface area contributed by atoms with E-state index in [1.807, 2.05) is 19.9 Å². The molecule has 1 heterocycles. The smallest absolute Gasteiger partial charge is 0.148 e. The van der Waals surface area contributed by atoms with Gasteiger partial charge in [0.1, 0.15) is 16.4 Å². The first-order valence-electron chi connectivity index (χ1n) is 4.02. The Bertz CT molecular complexity index is 312. The van der Waals surface area contributed by atoms with Gasteiger partial charge in [0.25, 0.3) is 0 Å². The molecule has 1 aromatic heterocycles. The van der Waals surface area contributed by atoms with Crippen molar-refractivity contribution < 1.29 is 4.74 Å². The van der Waals surface area contributed by atoms with E-state index in [-0.39, 0.29) is 11.1 Å². The summed E-state index contributed by atoms with van der Waals surface area (Å²) in [4.78, 5) is 4.30. The van der Waals surface area contributed by atoms with Crippen LogP contribution < -0.4 is 10.5 Å². The average molecular weight is 196 g/mol. The maximum atomic E-state index is 5.48. The summed E-state index contributed by atoms with van der Waals surface area (Å²) < 4.78 is 5.48. The highest BCUT2D eigenvalue weighted by Gasteiger charge is 2.07. The molecule has 0 atom stereocenters. The van der Waals surface area contributed by atoms with Gasteiger partial charge in [0, 0.05) is 6.20 Å². The topological polar surface area (TPSA) is 48.1 Å². The maximum absolute atomic E-state index is 5.48. The zero-order valence-corrected chi connectivity index (χ0v) is 8.47. The fourth-order valence-corrected chi connectivity index (χ4v) is 1.08. The minimum atomic E-state index is 0.0947. The minimum Gasteiger partial charge on any atom is -0.489 e. The van der Waals surface area contributed by atoms with Gasteiger partial charge in [-0.05, 0) is 26.0 Å². The quantitative estimate of drug-likeness (QED) is 0.744. The molecule has 2 N–H and O–H groups in total. The Kier molecular flexibility index (Phi) is 3.19. The second-order valence-electron chi connectivity index (χ2n) is 2.88. The molecular weight excluding hydrogens is 184 g/mol. The molecule has 0 aromatic carbocycles. The van der Waals surface area contributed by atoms with Crippen molar-refractivity contribution in [1.82, 2.24) is 4.98 Å². The number of hydrogen-bond acceptors (Lipinski definition) is 3. The fourth-order valence-electron chi connectivity index (χ4n) is 0.925. The summed E-state index contributed by atoms with van der Waals surface area (Å²) in [5, 5.41) is 0. The van der Waals surface area contributed by atoms with Crippen molar-refractivity contribution in [3.05, 3.63) is 24.0 Å². The van der Waals surface area contributed by atoms with Crippen LogP contribution in [0.4, 0.5) is 0 Å². The Morgan fingerprint density at radius 1 is 1.62 bits per heavy atom. The van der Waals surface area contributed by atoms with Crippen LogP contribution in [0.1, 0.15) is 19.5 Å². The molecule has 0 spiro atoms. The molecule has 1 rings (SSSR count). The fraction of sp³-hybridized carbons (Fsp3) is 0.333. The van der Waals surface area contributed by atoms with Crippen LogP contribution in [0.2, 0.25) is 0 Å². The number of thiocarbonyl (C=S) groups is 1. The Labute approximate surface area is 82.9 Å². The van der Waals surface area contributed by atoms with Gasteiger partial charge in [-0.15, -0.1) is 0 Å². The van der Waals surface area contributed by atoms with Gasteiger partial charge in [-0.25, -0.2) is 4.98 Å². The van der Waals surface area contributed by atoms with Crippen molar-refractivity contribution in [1.29, 1.82) is 0 Å². The Morgan fingerprint density at radius 3 is 2.85 bits per heavy atom. The van der Waals surface area contributed by atoms with Crippen molar-refractivity contribution in [2.75, 3.05) is 0 Å². The molecule has 1 aromatic rings. The molecule has 0 fully saturated rings. The molecular formula is C9H12N2OS. The second-order valence-corrected chi connectivity index (χ2v) is 3.32. The zero-order valence-electron chi connectivity index (χ0n) is 7.65. The van der Waals surface area contributed by atoms with E-state index in [4.69, 9.17) is 22.7 Å². The van der Waals surface area contributed by atoms with E-state index >= 15 is 0 Å². The zero-order chi connectivity index (χ0) is 9.84. The van der Waals surface area contributed by atoms with E-state index in [1.165, 1.54) is 0 Å². The third-order valence-corrected chi connectivity index (χ3v) is 1.56. The van der Waals surface area contributed by atoms with E-state index in [2.05, 4.69) is 4.98 Å². The molecule has 0 amide bonds. The van der Waals surface area contributed by atoms with Crippen LogP contribution in [-0.4, -0.2) is 16.1 Å². The van der Waals surface area contributed by atoms with Gasteiger partial charge in [-0.1, -0.05) is 12.2 Å². The molecule has 4 heteroatoms. The van der Waals surface area contributed by atoms with Crippen LogP contribution in [0.25, 0.3) is 0 Å². The van der Waals surface area contributed by atoms with E-state index in [9.17, 15) is 0 Å². The number of pyridine rings is 1. The van der Waals surface area contributed by atoms with Gasteiger partial charge < -0.3 is 10.5 Å². The largest absolute Gasteiger partial charge is 0.489 e. The van der Waals surface area contributed by atoms with Gasteiger partial charge >= 0.3 is 0 Å². The highest BCUT2D eigenvalue weighted by molar-refractivity contribution is 7.80. The van der Waals surface area contributed by atoms with Crippen molar-refractivity contribution in [2.45, 2.75) is 20.0 Å². The Morgan fingerprint density at radius 2 is 2.31 bits per heavy atom. The lowest BCUT2D eigenvalue weighted by Gasteiger charge is -2.11. The SMILES string of the molecule is CC(C)Oc1cccnc1C(N)=S. The molecule has 3 nitrogen and oxygen atoms in total. The predicted octanol–water partition coefficient (Wildman–Crippen LogP) is 1.50. The first-order chi connectivity index (χ1) is 6.11. The summed E-state index contributed by atoms with van der Waals surface area (Å²) in [6, 6.07) is 3.60. The molecule has 70 valence electrons. The maximum Gasteiger partial charge on any atom is 0.148 e. The van der Waals surface area contributed by atoms with E-state index in [0.717, 1.165) is 0 Å². The van der Waals surface area contributed by atoms with E-state index < -0.39 is 0 Å². The molecule has 0 unspecified atom stereocenters. The number of nitrogens with zero attached hydrogens (tertiary/aromatic N) is 1. The highest BCUT2D eigenvalue weighted by Crippen LogP contribution is 2.16. The third-order valence-electron chi connectivity index (χ3n) is 1.37. The number of ether oxygens (including phenoxy) is 1. The van der Waals surface area contributed by atoms with Crippen LogP contribution in [0.5, 0.6) is 5.75 Å². The summed E-state index contributed by atoms with van der Waals surface area (Å²) in [6.07, 6.45) is 1.74. The van der Waals surface area contributed by atoms with Gasteiger partial charge in [0.2, 0.25) is 0 Å². The van der Waals surface area contributed by atoms with Crippen molar-refractivity contribution in [2.24, 2.45) is 5.73 Å². The molecule has 0 aliphatic heterocycles. The lowest BCUT2D eigenvalue weighted by atomic mass is 10.3. The summed E-state index contributed by atoms with van der Waals surface area (Å²) >= 11 is 4.84. The molecule has 0 aliphatic carbocycles. The van der Waals surface area contributed by atoms with Gasteiger partial charge in [0.05, 0.1) is 6.10 Å². The van der Waals surface area contributed by atoms with Gasteiger partial charge in [0.15, 0.2) is 0 Å². The molecule has 0 saturated carbocycles.